The summed E-state index contributed by atoms with van der Waals surface area (Å²) in [5, 5.41) is 4.38. The van der Waals surface area contributed by atoms with Crippen LogP contribution in [0.5, 0.6) is 11.5 Å². The molecule has 1 N–H and O–H groups in total. The van der Waals surface area contributed by atoms with Crippen LogP contribution in [0.1, 0.15) is 66.6 Å². The number of carbonyl (C=O) groups excluding carboxylic acids is 2. The first kappa shape index (κ1) is 27.9. The Kier molecular flexibility index (Phi) is 7.92. The van der Waals surface area contributed by atoms with Gasteiger partial charge in [0.05, 0.1) is 32.8 Å². The second kappa shape index (κ2) is 11.9. The Labute approximate surface area is 247 Å². The summed E-state index contributed by atoms with van der Waals surface area (Å²) in [4.78, 5) is 31.4. The quantitative estimate of drug-likeness (QED) is 0.280. The van der Waals surface area contributed by atoms with Gasteiger partial charge in [0.25, 0.3) is 11.8 Å². The molecule has 218 valence electrons. The second-order valence-corrected chi connectivity index (χ2v) is 11.5. The molecule has 2 heterocycles. The normalized spacial score (nSPS) is 19.6. The Morgan fingerprint density at radius 3 is 2.33 bits per heavy atom. The van der Waals surface area contributed by atoms with E-state index in [1.807, 2.05) is 83.4 Å². The molecular formula is C35H39N3O4. The predicted octanol–water partition coefficient (Wildman–Crippen LogP) is 6.44. The molecule has 0 saturated heterocycles. The molecule has 2 amide bonds. The lowest BCUT2D eigenvalue weighted by atomic mass is 9.83. The SMILES string of the molecule is COc1ccc2cc3n(c2c1)C[C@@](C(=O)NC1CCCCCCC1)(c1ccccc1)N(Cc1ccccc1OC)C3=O. The summed E-state index contributed by atoms with van der Waals surface area (Å²) in [6.45, 7) is 0.503. The van der Waals surface area contributed by atoms with Crippen molar-refractivity contribution in [2.45, 2.75) is 69.6 Å². The summed E-state index contributed by atoms with van der Waals surface area (Å²) in [5.41, 5.74) is 1.77. The lowest BCUT2D eigenvalue weighted by Gasteiger charge is -2.47. The molecule has 1 saturated carbocycles. The third-order valence-corrected chi connectivity index (χ3v) is 9.01. The fraction of sp³-hybridized carbons (Fsp3) is 0.371. The highest BCUT2D eigenvalue weighted by Gasteiger charge is 2.53. The first-order valence-corrected chi connectivity index (χ1v) is 15.0. The van der Waals surface area contributed by atoms with Gasteiger partial charge in [-0.15, -0.1) is 0 Å². The molecule has 7 nitrogen and oxygen atoms in total. The van der Waals surface area contributed by atoms with Gasteiger partial charge in [0.1, 0.15) is 17.2 Å². The molecule has 42 heavy (non-hydrogen) atoms. The van der Waals surface area contributed by atoms with Gasteiger partial charge in [-0.3, -0.25) is 9.59 Å². The summed E-state index contributed by atoms with van der Waals surface area (Å²) < 4.78 is 13.2. The van der Waals surface area contributed by atoms with Crippen LogP contribution < -0.4 is 14.8 Å². The van der Waals surface area contributed by atoms with Crippen molar-refractivity contribution in [2.24, 2.45) is 0 Å². The highest BCUT2D eigenvalue weighted by atomic mass is 16.5. The van der Waals surface area contributed by atoms with Crippen molar-refractivity contribution in [3.8, 4) is 11.5 Å². The average Bonchev–Trinajstić information content (AvgIpc) is 3.38. The smallest absolute Gasteiger partial charge is 0.272 e. The molecule has 2 aliphatic rings. The number of methoxy groups -OCH3 is 2. The maximum absolute atomic E-state index is 14.9. The molecule has 1 atom stereocenters. The lowest BCUT2D eigenvalue weighted by molar-refractivity contribution is -0.136. The zero-order chi connectivity index (χ0) is 29.1. The third-order valence-electron chi connectivity index (χ3n) is 9.01. The van der Waals surface area contributed by atoms with Crippen molar-refractivity contribution in [1.82, 2.24) is 14.8 Å². The molecule has 1 fully saturated rings. The van der Waals surface area contributed by atoms with E-state index in [-0.39, 0.29) is 30.9 Å². The Morgan fingerprint density at radius 2 is 1.60 bits per heavy atom. The van der Waals surface area contributed by atoms with Crippen LogP contribution >= 0.6 is 0 Å². The van der Waals surface area contributed by atoms with E-state index in [2.05, 4.69) is 5.32 Å². The van der Waals surface area contributed by atoms with Gasteiger partial charge in [-0.1, -0.05) is 80.6 Å². The van der Waals surface area contributed by atoms with E-state index in [1.165, 1.54) is 19.3 Å². The number of benzene rings is 3. The Hall–Kier alpha value is -4.26. The molecule has 1 aliphatic carbocycles. The minimum atomic E-state index is -1.29. The van der Waals surface area contributed by atoms with Crippen LogP contribution in [0.4, 0.5) is 0 Å². The first-order valence-electron chi connectivity index (χ1n) is 15.0. The third kappa shape index (κ3) is 5.02. The molecule has 6 rings (SSSR count). The van der Waals surface area contributed by atoms with Crippen LogP contribution in [-0.4, -0.2) is 41.5 Å². The maximum Gasteiger partial charge on any atom is 0.272 e. The van der Waals surface area contributed by atoms with E-state index in [9.17, 15) is 9.59 Å². The van der Waals surface area contributed by atoms with Crippen LogP contribution in [0.25, 0.3) is 10.9 Å². The van der Waals surface area contributed by atoms with E-state index in [0.717, 1.165) is 47.7 Å². The molecule has 7 heteroatoms. The van der Waals surface area contributed by atoms with Gasteiger partial charge in [-0.05, 0) is 42.7 Å². The molecule has 0 bridgehead atoms. The number of aromatic nitrogens is 1. The largest absolute Gasteiger partial charge is 0.497 e. The fourth-order valence-corrected chi connectivity index (χ4v) is 6.74. The van der Waals surface area contributed by atoms with Gasteiger partial charge in [-0.25, -0.2) is 0 Å². The lowest BCUT2D eigenvalue weighted by Crippen LogP contribution is -2.64. The van der Waals surface area contributed by atoms with Crippen LogP contribution in [0, 0.1) is 0 Å². The number of hydrogen-bond acceptors (Lipinski definition) is 4. The molecule has 0 spiro atoms. The minimum absolute atomic E-state index is 0.0736. The number of nitrogens with zero attached hydrogens (tertiary/aromatic N) is 2. The van der Waals surface area contributed by atoms with Crippen molar-refractivity contribution in [2.75, 3.05) is 14.2 Å². The molecular weight excluding hydrogens is 526 g/mol. The van der Waals surface area contributed by atoms with Crippen molar-refractivity contribution in [3.63, 3.8) is 0 Å². The van der Waals surface area contributed by atoms with Crippen LogP contribution in [-0.2, 0) is 23.4 Å². The van der Waals surface area contributed by atoms with E-state index in [1.54, 1.807) is 19.1 Å². The number of nitrogens with one attached hydrogen (secondary N) is 1. The standard InChI is InChI=1S/C35H39N3O4/c1-41-29-20-19-25-21-31-33(39)38(23-26-13-11-12-18-32(26)42-2)35(24-37(31)30(25)22-29,27-14-7-6-8-15-27)34(40)36-28-16-9-4-3-5-10-17-28/h6-8,11-15,18-22,28H,3-5,9-10,16-17,23-24H2,1-2H3,(H,36,40)/t35-/m0/s1. The van der Waals surface area contributed by atoms with Gasteiger partial charge in [0, 0.05) is 23.1 Å². The van der Waals surface area contributed by atoms with Crippen LogP contribution in [0.3, 0.4) is 0 Å². The minimum Gasteiger partial charge on any atom is -0.497 e. The number of para-hydroxylation sites is 1. The fourth-order valence-electron chi connectivity index (χ4n) is 6.74. The summed E-state index contributed by atoms with van der Waals surface area (Å²) in [6.07, 6.45) is 7.73. The molecule has 0 radical (unpaired) electrons. The zero-order valence-corrected chi connectivity index (χ0v) is 24.5. The van der Waals surface area contributed by atoms with Gasteiger partial charge < -0.3 is 24.3 Å². The summed E-state index contributed by atoms with van der Waals surface area (Å²) in [5.74, 6) is 1.05. The average molecular weight is 566 g/mol. The molecule has 0 unspecified atom stereocenters. The first-order chi connectivity index (χ1) is 20.5. The molecule has 1 aliphatic heterocycles. The summed E-state index contributed by atoms with van der Waals surface area (Å²) in [7, 11) is 3.27. The molecule has 1 aromatic heterocycles. The van der Waals surface area contributed by atoms with Gasteiger partial charge in [-0.2, -0.15) is 0 Å². The van der Waals surface area contributed by atoms with Crippen molar-refractivity contribution in [3.05, 3.63) is 95.7 Å². The Bertz CT molecular complexity index is 1570. The topological polar surface area (TPSA) is 72.8 Å². The molecule has 3 aromatic carbocycles. The summed E-state index contributed by atoms with van der Waals surface area (Å²) in [6, 6.07) is 25.3. The Balaban J connectivity index is 1.54. The molecule has 4 aromatic rings. The van der Waals surface area contributed by atoms with Gasteiger partial charge in [0.15, 0.2) is 5.54 Å². The van der Waals surface area contributed by atoms with Crippen molar-refractivity contribution < 1.29 is 19.1 Å². The number of rotatable bonds is 7. The predicted molar refractivity (Wildman–Crippen MR) is 164 cm³/mol. The number of fused-ring (bicyclic) bond motifs is 3. The highest BCUT2D eigenvalue weighted by molar-refractivity contribution is 6.04. The van der Waals surface area contributed by atoms with Crippen molar-refractivity contribution >= 4 is 22.7 Å². The second-order valence-electron chi connectivity index (χ2n) is 11.5. The highest BCUT2D eigenvalue weighted by Crippen LogP contribution is 2.41. The number of amides is 2. The number of ether oxygens (including phenoxy) is 2. The van der Waals surface area contributed by atoms with Crippen LogP contribution in [0.2, 0.25) is 0 Å². The number of carbonyl (C=O) groups is 2. The van der Waals surface area contributed by atoms with Gasteiger partial charge in [0.2, 0.25) is 0 Å². The van der Waals surface area contributed by atoms with E-state index in [4.69, 9.17) is 9.47 Å². The van der Waals surface area contributed by atoms with Crippen molar-refractivity contribution in [1.29, 1.82) is 0 Å². The van der Waals surface area contributed by atoms with Gasteiger partial charge >= 0.3 is 0 Å². The number of hydrogen-bond donors (Lipinski definition) is 1. The maximum atomic E-state index is 14.9. The Morgan fingerprint density at radius 1 is 0.881 bits per heavy atom. The van der Waals surface area contributed by atoms with Crippen LogP contribution in [0.15, 0.2) is 78.9 Å². The van der Waals surface area contributed by atoms with E-state index >= 15 is 0 Å². The monoisotopic (exact) mass is 565 g/mol. The summed E-state index contributed by atoms with van der Waals surface area (Å²) >= 11 is 0. The van der Waals surface area contributed by atoms with E-state index < -0.39 is 5.54 Å². The van der Waals surface area contributed by atoms with E-state index in [0.29, 0.717) is 17.2 Å². The zero-order valence-electron chi connectivity index (χ0n) is 24.5.